The Morgan fingerprint density at radius 2 is 2.00 bits per heavy atom. The lowest BCUT2D eigenvalue weighted by Gasteiger charge is -2.21. The van der Waals surface area contributed by atoms with Gasteiger partial charge in [0.05, 0.1) is 5.69 Å². The molecular weight excluding hydrogens is 256 g/mol. The van der Waals surface area contributed by atoms with E-state index in [1.165, 1.54) is 0 Å². The standard InChI is InChI=1S/C14H16N4S/c1-18(10-7-11-5-2-3-8-16-11)12-6-4-9-17-13(12)14(15)19/h2-6,8-9H,7,10H2,1H3,(H2,15,19). The van der Waals surface area contributed by atoms with Crippen LogP contribution in [-0.4, -0.2) is 28.5 Å². The fraction of sp³-hybridized carbons (Fsp3) is 0.214. The molecule has 0 saturated carbocycles. The molecule has 0 aliphatic heterocycles. The summed E-state index contributed by atoms with van der Waals surface area (Å²) in [5.41, 5.74) is 8.37. The first-order valence-electron chi connectivity index (χ1n) is 6.04. The van der Waals surface area contributed by atoms with Crippen molar-refractivity contribution in [2.75, 3.05) is 18.5 Å². The molecule has 0 bridgehead atoms. The highest BCUT2D eigenvalue weighted by molar-refractivity contribution is 7.80. The average Bonchev–Trinajstić information content (AvgIpc) is 2.46. The highest BCUT2D eigenvalue weighted by atomic mass is 32.1. The molecule has 2 rings (SSSR count). The molecule has 5 heteroatoms. The van der Waals surface area contributed by atoms with E-state index in [1.54, 1.807) is 12.4 Å². The van der Waals surface area contributed by atoms with E-state index in [4.69, 9.17) is 18.0 Å². The first-order valence-corrected chi connectivity index (χ1v) is 6.45. The smallest absolute Gasteiger partial charge is 0.124 e. The maximum Gasteiger partial charge on any atom is 0.124 e. The summed E-state index contributed by atoms with van der Waals surface area (Å²) in [5.74, 6) is 0. The van der Waals surface area contributed by atoms with E-state index in [0.29, 0.717) is 10.7 Å². The highest BCUT2D eigenvalue weighted by Gasteiger charge is 2.10. The zero-order valence-electron chi connectivity index (χ0n) is 10.8. The van der Waals surface area contributed by atoms with E-state index >= 15 is 0 Å². The van der Waals surface area contributed by atoms with Crippen LogP contribution in [0.2, 0.25) is 0 Å². The summed E-state index contributed by atoms with van der Waals surface area (Å²) in [4.78, 5) is 11.0. The Kier molecular flexibility index (Phi) is 4.41. The molecule has 0 spiro atoms. The number of thiocarbonyl (C=S) groups is 1. The van der Waals surface area contributed by atoms with Crippen molar-refractivity contribution >= 4 is 22.9 Å². The Labute approximate surface area is 118 Å². The first-order chi connectivity index (χ1) is 9.18. The largest absolute Gasteiger partial charge is 0.388 e. The topological polar surface area (TPSA) is 55.0 Å². The van der Waals surface area contributed by atoms with Crippen LogP contribution in [0.1, 0.15) is 11.4 Å². The Morgan fingerprint density at radius 1 is 1.21 bits per heavy atom. The Bertz CT molecular complexity index is 556. The molecule has 0 amide bonds. The summed E-state index contributed by atoms with van der Waals surface area (Å²) in [6, 6.07) is 9.78. The van der Waals surface area contributed by atoms with Crippen molar-refractivity contribution in [1.82, 2.24) is 9.97 Å². The fourth-order valence-electron chi connectivity index (χ4n) is 1.84. The molecule has 0 aliphatic rings. The van der Waals surface area contributed by atoms with Crippen LogP contribution >= 0.6 is 12.2 Å². The molecule has 0 fully saturated rings. The molecule has 2 heterocycles. The molecule has 2 aromatic rings. The third kappa shape index (κ3) is 3.48. The van der Waals surface area contributed by atoms with Crippen LogP contribution in [0, 0.1) is 0 Å². The van der Waals surface area contributed by atoms with Gasteiger partial charge in [0.1, 0.15) is 10.7 Å². The van der Waals surface area contributed by atoms with Gasteiger partial charge in [-0.15, -0.1) is 0 Å². The van der Waals surface area contributed by atoms with Crippen molar-refractivity contribution in [2.45, 2.75) is 6.42 Å². The predicted octanol–water partition coefficient (Wildman–Crippen LogP) is 1.79. The summed E-state index contributed by atoms with van der Waals surface area (Å²) >= 11 is 5.02. The number of nitrogens with zero attached hydrogens (tertiary/aromatic N) is 3. The normalized spacial score (nSPS) is 10.2. The van der Waals surface area contributed by atoms with Crippen LogP contribution in [0.5, 0.6) is 0 Å². The summed E-state index contributed by atoms with van der Waals surface area (Å²) in [6.45, 7) is 0.832. The van der Waals surface area contributed by atoms with Gasteiger partial charge in [-0.2, -0.15) is 0 Å². The van der Waals surface area contributed by atoms with Gasteiger partial charge in [-0.3, -0.25) is 9.97 Å². The quantitative estimate of drug-likeness (QED) is 0.841. The molecule has 19 heavy (non-hydrogen) atoms. The number of likely N-dealkylation sites (N-methyl/N-ethyl adjacent to an activating group) is 1. The molecule has 0 atom stereocenters. The number of rotatable bonds is 5. The Morgan fingerprint density at radius 3 is 2.68 bits per heavy atom. The summed E-state index contributed by atoms with van der Waals surface area (Å²) in [5, 5.41) is 0. The van der Waals surface area contributed by atoms with Gasteiger partial charge in [0, 0.05) is 38.1 Å². The summed E-state index contributed by atoms with van der Waals surface area (Å²) in [6.07, 6.45) is 4.37. The summed E-state index contributed by atoms with van der Waals surface area (Å²) in [7, 11) is 2.00. The van der Waals surface area contributed by atoms with Gasteiger partial charge in [0.15, 0.2) is 0 Å². The van der Waals surface area contributed by atoms with Crippen LogP contribution in [0.3, 0.4) is 0 Å². The third-order valence-electron chi connectivity index (χ3n) is 2.86. The van der Waals surface area contributed by atoms with Gasteiger partial charge in [-0.05, 0) is 24.3 Å². The number of pyridine rings is 2. The molecule has 0 aliphatic carbocycles. The number of aromatic nitrogens is 2. The molecule has 98 valence electrons. The van der Waals surface area contributed by atoms with Crippen LogP contribution in [0.15, 0.2) is 42.7 Å². The molecule has 2 aromatic heterocycles. The second-order valence-electron chi connectivity index (χ2n) is 4.23. The second kappa shape index (κ2) is 6.24. The van der Waals surface area contributed by atoms with Gasteiger partial charge >= 0.3 is 0 Å². The van der Waals surface area contributed by atoms with Gasteiger partial charge in [0.25, 0.3) is 0 Å². The molecule has 4 nitrogen and oxygen atoms in total. The summed E-state index contributed by atoms with van der Waals surface area (Å²) < 4.78 is 0. The van der Waals surface area contributed by atoms with Crippen LogP contribution in [0.25, 0.3) is 0 Å². The molecule has 0 radical (unpaired) electrons. The second-order valence-corrected chi connectivity index (χ2v) is 4.67. The first kappa shape index (κ1) is 13.4. The van der Waals surface area contributed by atoms with Crippen molar-refractivity contribution in [2.24, 2.45) is 5.73 Å². The van der Waals surface area contributed by atoms with Crippen LogP contribution in [0.4, 0.5) is 5.69 Å². The lowest BCUT2D eigenvalue weighted by atomic mass is 10.2. The number of hydrogen-bond acceptors (Lipinski definition) is 4. The fourth-order valence-corrected chi connectivity index (χ4v) is 2.00. The Balaban J connectivity index is 2.08. The lowest BCUT2D eigenvalue weighted by Crippen LogP contribution is -2.25. The maximum atomic E-state index is 5.69. The molecule has 0 saturated heterocycles. The van der Waals surface area contributed by atoms with Gasteiger partial charge in [0.2, 0.25) is 0 Å². The van der Waals surface area contributed by atoms with E-state index in [9.17, 15) is 0 Å². The maximum absolute atomic E-state index is 5.69. The minimum Gasteiger partial charge on any atom is -0.388 e. The zero-order valence-corrected chi connectivity index (χ0v) is 11.6. The minimum atomic E-state index is 0.320. The van der Waals surface area contributed by atoms with Crippen LogP contribution < -0.4 is 10.6 Å². The average molecular weight is 272 g/mol. The Hall–Kier alpha value is -2.01. The van der Waals surface area contributed by atoms with E-state index in [-0.39, 0.29) is 0 Å². The van der Waals surface area contributed by atoms with Crippen molar-refractivity contribution in [3.8, 4) is 0 Å². The molecule has 0 unspecified atom stereocenters. The highest BCUT2D eigenvalue weighted by Crippen LogP contribution is 2.16. The third-order valence-corrected chi connectivity index (χ3v) is 3.05. The van der Waals surface area contributed by atoms with Crippen molar-refractivity contribution < 1.29 is 0 Å². The number of anilines is 1. The van der Waals surface area contributed by atoms with Crippen molar-refractivity contribution in [3.05, 3.63) is 54.1 Å². The molecule has 0 aromatic carbocycles. The minimum absolute atomic E-state index is 0.320. The lowest BCUT2D eigenvalue weighted by molar-refractivity contribution is 0.849. The van der Waals surface area contributed by atoms with Crippen LogP contribution in [-0.2, 0) is 6.42 Å². The van der Waals surface area contributed by atoms with Crippen molar-refractivity contribution in [3.63, 3.8) is 0 Å². The van der Waals surface area contributed by atoms with E-state index in [0.717, 1.165) is 24.3 Å². The van der Waals surface area contributed by atoms with Gasteiger partial charge in [-0.25, -0.2) is 0 Å². The predicted molar refractivity (Wildman–Crippen MR) is 81.3 cm³/mol. The van der Waals surface area contributed by atoms with E-state index in [2.05, 4.69) is 14.9 Å². The van der Waals surface area contributed by atoms with E-state index in [1.807, 2.05) is 37.4 Å². The number of hydrogen-bond donors (Lipinski definition) is 1. The molecular formula is C14H16N4S. The number of nitrogens with two attached hydrogens (primary N) is 1. The SMILES string of the molecule is CN(CCc1ccccn1)c1cccnc1C(N)=S. The van der Waals surface area contributed by atoms with Crippen molar-refractivity contribution in [1.29, 1.82) is 0 Å². The van der Waals surface area contributed by atoms with Gasteiger partial charge in [-0.1, -0.05) is 18.3 Å². The van der Waals surface area contributed by atoms with Gasteiger partial charge < -0.3 is 10.6 Å². The van der Waals surface area contributed by atoms with E-state index < -0.39 is 0 Å². The molecule has 2 N–H and O–H groups in total. The monoisotopic (exact) mass is 272 g/mol. The zero-order chi connectivity index (χ0) is 13.7.